The number of methoxy groups -OCH3 is 1. The van der Waals surface area contributed by atoms with Crippen LogP contribution in [0.5, 0.6) is 5.88 Å². The highest BCUT2D eigenvalue weighted by Crippen LogP contribution is 2.19. The zero-order chi connectivity index (χ0) is 15.4. The molecule has 0 aliphatic heterocycles. The molecule has 0 spiro atoms. The van der Waals surface area contributed by atoms with Crippen molar-refractivity contribution in [2.75, 3.05) is 18.2 Å². The molecule has 2 rings (SSSR count). The van der Waals surface area contributed by atoms with Gasteiger partial charge in [-0.25, -0.2) is 4.68 Å². The number of nitrogens with one attached hydrogen (secondary N) is 1. The van der Waals surface area contributed by atoms with Gasteiger partial charge in [-0.3, -0.25) is 9.59 Å². The number of hydrogen-bond acceptors (Lipinski definition) is 5. The molecule has 110 valence electrons. The molecule has 0 atom stereocenters. The topological polar surface area (TPSA) is 99.2 Å². The van der Waals surface area contributed by atoms with Gasteiger partial charge in [0.2, 0.25) is 11.8 Å². The number of ether oxygens (including phenoxy) is 1. The Hall–Kier alpha value is -2.83. The maximum absolute atomic E-state index is 12.0. The lowest BCUT2D eigenvalue weighted by Gasteiger charge is -2.10. The maximum Gasteiger partial charge on any atom is 0.267 e. The molecule has 1 amide bonds. The normalized spacial score (nSPS) is 10.2. The van der Waals surface area contributed by atoms with Crippen molar-refractivity contribution < 1.29 is 9.53 Å². The van der Waals surface area contributed by atoms with Gasteiger partial charge in [-0.05, 0) is 24.6 Å². The lowest BCUT2D eigenvalue weighted by Crippen LogP contribution is -2.29. The van der Waals surface area contributed by atoms with E-state index in [-0.39, 0.29) is 18.0 Å². The van der Waals surface area contributed by atoms with Crippen molar-refractivity contribution >= 4 is 17.3 Å². The first-order chi connectivity index (χ1) is 9.99. The van der Waals surface area contributed by atoms with Crippen LogP contribution in [0.2, 0.25) is 0 Å². The Morgan fingerprint density at radius 2 is 2.14 bits per heavy atom. The predicted octanol–water partition coefficient (Wildman–Crippen LogP) is 0.781. The van der Waals surface area contributed by atoms with Gasteiger partial charge in [0.15, 0.2) is 0 Å². The molecule has 0 unspecified atom stereocenters. The van der Waals surface area contributed by atoms with Crippen LogP contribution in [-0.4, -0.2) is 22.8 Å². The van der Waals surface area contributed by atoms with Crippen LogP contribution in [-0.2, 0) is 11.3 Å². The summed E-state index contributed by atoms with van der Waals surface area (Å²) in [5, 5.41) is 6.54. The number of amides is 1. The highest BCUT2D eigenvalue weighted by atomic mass is 16.5. The van der Waals surface area contributed by atoms with Crippen molar-refractivity contribution in [3.63, 3.8) is 0 Å². The van der Waals surface area contributed by atoms with Gasteiger partial charge in [0.1, 0.15) is 6.54 Å². The molecule has 21 heavy (non-hydrogen) atoms. The third-order valence-corrected chi connectivity index (χ3v) is 2.83. The fourth-order valence-corrected chi connectivity index (χ4v) is 1.77. The highest BCUT2D eigenvalue weighted by molar-refractivity contribution is 5.93. The van der Waals surface area contributed by atoms with Gasteiger partial charge >= 0.3 is 0 Å². The number of carbonyl (C=O) groups is 1. The Kier molecular flexibility index (Phi) is 4.22. The zero-order valence-corrected chi connectivity index (χ0v) is 11.8. The molecule has 1 heterocycles. The summed E-state index contributed by atoms with van der Waals surface area (Å²) in [7, 11) is 1.43. The minimum Gasteiger partial charge on any atom is -0.480 e. The number of benzene rings is 1. The van der Waals surface area contributed by atoms with Crippen LogP contribution in [0.1, 0.15) is 5.56 Å². The van der Waals surface area contributed by atoms with Gasteiger partial charge in [-0.1, -0.05) is 6.07 Å². The van der Waals surface area contributed by atoms with Crippen LogP contribution < -0.4 is 21.3 Å². The Labute approximate surface area is 121 Å². The molecular formula is C14H16N4O3. The third-order valence-electron chi connectivity index (χ3n) is 2.83. The van der Waals surface area contributed by atoms with Gasteiger partial charge in [-0.15, -0.1) is 5.10 Å². The Morgan fingerprint density at radius 1 is 1.38 bits per heavy atom. The van der Waals surface area contributed by atoms with Crippen molar-refractivity contribution in [1.82, 2.24) is 9.78 Å². The van der Waals surface area contributed by atoms with Crippen LogP contribution in [0.3, 0.4) is 0 Å². The average molecular weight is 288 g/mol. The number of hydrogen-bond donors (Lipinski definition) is 2. The van der Waals surface area contributed by atoms with Crippen molar-refractivity contribution in [3.05, 3.63) is 46.2 Å². The molecule has 0 aliphatic carbocycles. The van der Waals surface area contributed by atoms with E-state index in [0.717, 1.165) is 10.2 Å². The first-order valence-corrected chi connectivity index (χ1v) is 6.28. The number of nitrogens with zero attached hydrogens (tertiary/aromatic N) is 2. The first kappa shape index (κ1) is 14.6. The van der Waals surface area contributed by atoms with Gasteiger partial charge < -0.3 is 15.8 Å². The lowest BCUT2D eigenvalue weighted by molar-refractivity contribution is -0.117. The molecule has 2 aromatic rings. The molecular weight excluding hydrogens is 272 g/mol. The number of carbonyl (C=O) groups excluding carboxylic acids is 1. The van der Waals surface area contributed by atoms with E-state index in [0.29, 0.717) is 11.4 Å². The van der Waals surface area contributed by atoms with Crippen LogP contribution >= 0.6 is 0 Å². The first-order valence-electron chi connectivity index (χ1n) is 6.28. The van der Waals surface area contributed by atoms with Gasteiger partial charge in [0.25, 0.3) is 5.56 Å². The summed E-state index contributed by atoms with van der Waals surface area (Å²) in [5.74, 6) is -0.134. The second-order valence-corrected chi connectivity index (χ2v) is 4.51. The summed E-state index contributed by atoms with van der Waals surface area (Å²) >= 11 is 0. The van der Waals surface area contributed by atoms with Crippen LogP contribution in [0.25, 0.3) is 0 Å². The second kappa shape index (κ2) is 6.08. The Morgan fingerprint density at radius 3 is 2.81 bits per heavy atom. The molecule has 7 heteroatoms. The summed E-state index contributed by atoms with van der Waals surface area (Å²) in [6, 6.07) is 8.03. The molecule has 0 bridgehead atoms. The van der Waals surface area contributed by atoms with Crippen molar-refractivity contribution in [2.45, 2.75) is 13.5 Å². The number of nitrogen functional groups attached to an aromatic ring is 1. The summed E-state index contributed by atoms with van der Waals surface area (Å²) in [6.07, 6.45) is 0. The van der Waals surface area contributed by atoms with Gasteiger partial charge in [0.05, 0.1) is 18.5 Å². The smallest absolute Gasteiger partial charge is 0.267 e. The molecule has 0 saturated carbocycles. The average Bonchev–Trinajstić information content (AvgIpc) is 2.44. The van der Waals surface area contributed by atoms with E-state index in [4.69, 9.17) is 10.5 Å². The monoisotopic (exact) mass is 288 g/mol. The molecule has 0 fully saturated rings. The summed E-state index contributed by atoms with van der Waals surface area (Å²) in [6.45, 7) is 1.69. The molecule has 1 aromatic carbocycles. The molecule has 1 aromatic heterocycles. The molecule has 0 radical (unpaired) electrons. The zero-order valence-electron chi connectivity index (χ0n) is 11.8. The number of aromatic nitrogens is 2. The Bertz CT molecular complexity index is 724. The van der Waals surface area contributed by atoms with Crippen LogP contribution in [0.15, 0.2) is 35.1 Å². The number of nitrogens with two attached hydrogens (primary N) is 1. The fourth-order valence-electron chi connectivity index (χ4n) is 1.77. The largest absolute Gasteiger partial charge is 0.480 e. The third kappa shape index (κ3) is 3.59. The SMILES string of the molecule is COc1ccc(=O)n(CC(=O)Nc2ccc(C)cc2N)n1. The van der Waals surface area contributed by atoms with E-state index in [1.165, 1.54) is 19.2 Å². The minimum absolute atomic E-state index is 0.219. The standard InChI is InChI=1S/C14H16N4O3/c1-9-3-4-11(10(15)7-9)16-12(19)8-18-14(20)6-5-13(17-18)21-2/h3-7H,8,15H2,1-2H3,(H,16,19). The number of rotatable bonds is 4. The molecule has 3 N–H and O–H groups in total. The van der Waals surface area contributed by atoms with Crippen molar-refractivity contribution in [3.8, 4) is 5.88 Å². The van der Waals surface area contributed by atoms with Crippen molar-refractivity contribution in [2.24, 2.45) is 0 Å². The fraction of sp³-hybridized carbons (Fsp3) is 0.214. The quantitative estimate of drug-likeness (QED) is 0.810. The number of anilines is 2. The summed E-state index contributed by atoms with van der Waals surface area (Å²) < 4.78 is 5.95. The Balaban J connectivity index is 2.13. The van der Waals surface area contributed by atoms with E-state index < -0.39 is 5.91 Å². The lowest BCUT2D eigenvalue weighted by atomic mass is 10.2. The number of aryl methyl sites for hydroxylation is 1. The molecule has 7 nitrogen and oxygen atoms in total. The van der Waals surface area contributed by atoms with Crippen LogP contribution in [0, 0.1) is 6.92 Å². The van der Waals surface area contributed by atoms with E-state index >= 15 is 0 Å². The summed E-state index contributed by atoms with van der Waals surface area (Å²) in [5.41, 5.74) is 7.40. The van der Waals surface area contributed by atoms with Gasteiger partial charge in [-0.2, -0.15) is 0 Å². The molecule has 0 aliphatic rings. The molecule has 0 saturated heterocycles. The van der Waals surface area contributed by atoms with E-state index in [1.54, 1.807) is 12.1 Å². The van der Waals surface area contributed by atoms with E-state index in [9.17, 15) is 9.59 Å². The van der Waals surface area contributed by atoms with Crippen LogP contribution in [0.4, 0.5) is 11.4 Å². The van der Waals surface area contributed by atoms with Crippen molar-refractivity contribution in [1.29, 1.82) is 0 Å². The minimum atomic E-state index is -0.395. The maximum atomic E-state index is 12.0. The highest BCUT2D eigenvalue weighted by Gasteiger charge is 2.09. The predicted molar refractivity (Wildman–Crippen MR) is 79.3 cm³/mol. The van der Waals surface area contributed by atoms with E-state index in [2.05, 4.69) is 10.4 Å². The van der Waals surface area contributed by atoms with Gasteiger partial charge in [0, 0.05) is 12.1 Å². The van der Waals surface area contributed by atoms with E-state index in [1.807, 2.05) is 13.0 Å². The second-order valence-electron chi connectivity index (χ2n) is 4.51. The summed E-state index contributed by atoms with van der Waals surface area (Å²) in [4.78, 5) is 23.6.